The van der Waals surface area contributed by atoms with E-state index >= 15 is 0 Å². The minimum absolute atomic E-state index is 0.0615. The van der Waals surface area contributed by atoms with Gasteiger partial charge in [0.05, 0.1) is 18.3 Å². The van der Waals surface area contributed by atoms with Crippen molar-refractivity contribution >= 4 is 23.3 Å². The van der Waals surface area contributed by atoms with Gasteiger partial charge in [0.15, 0.2) is 6.04 Å². The standard InChI is InChI=1S/C20H22N4O2/c1-15-5-7-16(8-6-15)24-19(25)14-17(20(24)26)22-10-12-23(13-11-22)18-4-2-3-9-21-18/h2-9,17H,10-14H2,1H3/p+2/t17-/m1/s1. The van der Waals surface area contributed by atoms with E-state index < -0.39 is 0 Å². The Morgan fingerprint density at radius 3 is 2.42 bits per heavy atom. The summed E-state index contributed by atoms with van der Waals surface area (Å²) in [5.74, 6) is 0.949. The molecule has 2 N–H and O–H groups in total. The molecule has 2 aliphatic rings. The number of aromatic nitrogens is 1. The lowest BCUT2D eigenvalue weighted by Gasteiger charge is -2.31. The third kappa shape index (κ3) is 3.08. The van der Waals surface area contributed by atoms with Crippen LogP contribution in [0.4, 0.5) is 11.5 Å². The second-order valence-corrected chi connectivity index (χ2v) is 7.05. The molecule has 0 bridgehead atoms. The van der Waals surface area contributed by atoms with Crippen molar-refractivity contribution in [3.63, 3.8) is 0 Å². The quantitative estimate of drug-likeness (QED) is 0.782. The molecule has 3 heterocycles. The van der Waals surface area contributed by atoms with Crippen LogP contribution in [0, 0.1) is 6.92 Å². The van der Waals surface area contributed by atoms with Crippen molar-refractivity contribution in [2.24, 2.45) is 0 Å². The summed E-state index contributed by atoms with van der Waals surface area (Å²) >= 11 is 0. The number of carbonyl (C=O) groups excluding carboxylic acids is 2. The second-order valence-electron chi connectivity index (χ2n) is 7.05. The van der Waals surface area contributed by atoms with Gasteiger partial charge in [-0.05, 0) is 25.1 Å². The van der Waals surface area contributed by atoms with Gasteiger partial charge in [-0.25, -0.2) is 9.88 Å². The van der Waals surface area contributed by atoms with Crippen LogP contribution in [-0.2, 0) is 9.59 Å². The molecule has 0 saturated carbocycles. The van der Waals surface area contributed by atoms with Crippen LogP contribution < -0.4 is 19.7 Å². The summed E-state index contributed by atoms with van der Waals surface area (Å²) in [5.41, 5.74) is 1.80. The van der Waals surface area contributed by atoms with Crippen molar-refractivity contribution in [3.05, 3.63) is 54.2 Å². The number of nitrogens with one attached hydrogen (secondary N) is 2. The third-order valence-corrected chi connectivity index (χ3v) is 5.37. The van der Waals surface area contributed by atoms with Crippen molar-refractivity contribution in [2.45, 2.75) is 19.4 Å². The summed E-state index contributed by atoms with van der Waals surface area (Å²) in [6.45, 7) is 5.45. The fourth-order valence-electron chi connectivity index (χ4n) is 3.88. The zero-order chi connectivity index (χ0) is 18.1. The van der Waals surface area contributed by atoms with Gasteiger partial charge in [-0.3, -0.25) is 14.5 Å². The lowest BCUT2D eigenvalue weighted by atomic mass is 10.1. The number of H-pyrrole nitrogens is 1. The Balaban J connectivity index is 1.44. The molecule has 2 fully saturated rings. The van der Waals surface area contributed by atoms with E-state index in [1.54, 1.807) is 0 Å². The largest absolute Gasteiger partial charge is 0.318 e. The number of hydrogen-bond acceptors (Lipinski definition) is 3. The number of amides is 2. The minimum Gasteiger partial charge on any atom is -0.318 e. The van der Waals surface area contributed by atoms with E-state index in [0.29, 0.717) is 12.1 Å². The first kappa shape index (κ1) is 16.7. The van der Waals surface area contributed by atoms with Crippen molar-refractivity contribution in [2.75, 3.05) is 36.0 Å². The van der Waals surface area contributed by atoms with Crippen LogP contribution in [0.25, 0.3) is 0 Å². The number of hydrogen-bond donors (Lipinski definition) is 1. The summed E-state index contributed by atoms with van der Waals surface area (Å²) < 4.78 is 0. The maximum absolute atomic E-state index is 12.9. The fraction of sp³-hybridized carbons (Fsp3) is 0.350. The van der Waals surface area contributed by atoms with Crippen LogP contribution in [0.5, 0.6) is 0 Å². The fourth-order valence-corrected chi connectivity index (χ4v) is 3.88. The van der Waals surface area contributed by atoms with E-state index in [0.717, 1.165) is 37.6 Å². The molecule has 2 aromatic rings. The average Bonchev–Trinajstić information content (AvgIpc) is 2.98. The Kier molecular flexibility index (Phi) is 4.42. The topological polar surface area (TPSA) is 59.2 Å². The minimum atomic E-state index is -0.259. The summed E-state index contributed by atoms with van der Waals surface area (Å²) in [6, 6.07) is 13.4. The van der Waals surface area contributed by atoms with Gasteiger partial charge in [-0.1, -0.05) is 23.8 Å². The highest BCUT2D eigenvalue weighted by molar-refractivity contribution is 6.21. The van der Waals surface area contributed by atoms with E-state index in [9.17, 15) is 9.59 Å². The molecule has 0 radical (unpaired) electrons. The van der Waals surface area contributed by atoms with Crippen molar-refractivity contribution in [1.29, 1.82) is 0 Å². The predicted octanol–water partition coefficient (Wildman–Crippen LogP) is -0.154. The number of quaternary nitrogens is 1. The monoisotopic (exact) mass is 352 g/mol. The Morgan fingerprint density at radius 1 is 1.04 bits per heavy atom. The highest BCUT2D eigenvalue weighted by atomic mass is 16.2. The van der Waals surface area contributed by atoms with Crippen LogP contribution in [0.1, 0.15) is 12.0 Å². The lowest BCUT2D eigenvalue weighted by molar-refractivity contribution is -0.915. The van der Waals surface area contributed by atoms with Crippen LogP contribution in [0.2, 0.25) is 0 Å². The molecule has 0 spiro atoms. The maximum Gasteiger partial charge on any atom is 0.292 e. The predicted molar refractivity (Wildman–Crippen MR) is 98.0 cm³/mol. The third-order valence-electron chi connectivity index (χ3n) is 5.37. The van der Waals surface area contributed by atoms with Gasteiger partial charge in [0, 0.05) is 6.07 Å². The van der Waals surface area contributed by atoms with Crippen molar-refractivity contribution < 1.29 is 19.5 Å². The number of anilines is 2. The van der Waals surface area contributed by atoms with Gasteiger partial charge in [0.25, 0.3) is 11.7 Å². The maximum atomic E-state index is 12.9. The van der Waals surface area contributed by atoms with E-state index in [1.165, 1.54) is 9.80 Å². The van der Waals surface area contributed by atoms with E-state index in [4.69, 9.17) is 0 Å². The smallest absolute Gasteiger partial charge is 0.292 e. The molecule has 134 valence electrons. The molecular weight excluding hydrogens is 328 g/mol. The summed E-state index contributed by atoms with van der Waals surface area (Å²) in [6.07, 6.45) is 2.23. The lowest BCUT2D eigenvalue weighted by Crippen LogP contribution is -3.19. The number of imide groups is 1. The highest BCUT2D eigenvalue weighted by Crippen LogP contribution is 2.22. The first-order chi connectivity index (χ1) is 12.6. The number of rotatable bonds is 3. The van der Waals surface area contributed by atoms with E-state index in [2.05, 4.69) is 16.0 Å². The number of aryl methyl sites for hydroxylation is 1. The van der Waals surface area contributed by atoms with Gasteiger partial charge >= 0.3 is 0 Å². The second kappa shape index (κ2) is 6.88. The number of nitrogens with zero attached hydrogens (tertiary/aromatic N) is 2. The zero-order valence-corrected chi connectivity index (χ0v) is 14.9. The van der Waals surface area contributed by atoms with E-state index in [-0.39, 0.29) is 17.9 Å². The zero-order valence-electron chi connectivity index (χ0n) is 14.9. The molecule has 1 aromatic heterocycles. The summed E-state index contributed by atoms with van der Waals surface area (Å²) in [4.78, 5) is 33.5. The molecule has 1 atom stereocenters. The van der Waals surface area contributed by atoms with Gasteiger partial charge in [-0.15, -0.1) is 0 Å². The van der Waals surface area contributed by atoms with Gasteiger partial charge in [0.2, 0.25) is 5.91 Å². The molecular formula is C20H24N4O2+2. The van der Waals surface area contributed by atoms with E-state index in [1.807, 2.05) is 49.5 Å². The molecule has 2 amide bonds. The van der Waals surface area contributed by atoms with Gasteiger partial charge in [0.1, 0.15) is 26.2 Å². The number of piperazine rings is 1. The molecule has 6 nitrogen and oxygen atoms in total. The van der Waals surface area contributed by atoms with Crippen molar-refractivity contribution in [1.82, 2.24) is 0 Å². The Hall–Kier alpha value is -2.73. The van der Waals surface area contributed by atoms with Crippen LogP contribution in [0.15, 0.2) is 48.7 Å². The molecule has 4 rings (SSSR count). The SMILES string of the molecule is Cc1ccc(N2C(=O)C[C@@H]([NH+]3CCN(c4cccc[nH+]4)CC3)C2=O)cc1. The average molecular weight is 352 g/mol. The number of aromatic amines is 1. The van der Waals surface area contributed by atoms with Crippen LogP contribution in [-0.4, -0.2) is 44.0 Å². The molecule has 0 aliphatic carbocycles. The molecule has 6 heteroatoms. The molecule has 2 aliphatic heterocycles. The molecule has 0 unspecified atom stereocenters. The first-order valence-corrected chi connectivity index (χ1v) is 9.13. The van der Waals surface area contributed by atoms with Crippen LogP contribution in [0.3, 0.4) is 0 Å². The number of pyridine rings is 1. The number of carbonyl (C=O) groups is 2. The molecule has 2 saturated heterocycles. The Bertz CT molecular complexity index is 798. The Morgan fingerprint density at radius 2 is 1.77 bits per heavy atom. The van der Waals surface area contributed by atoms with Gasteiger partial charge in [-0.2, -0.15) is 0 Å². The van der Waals surface area contributed by atoms with Gasteiger partial charge < -0.3 is 4.90 Å². The first-order valence-electron chi connectivity index (χ1n) is 9.13. The Labute approximate surface area is 153 Å². The summed E-state index contributed by atoms with van der Waals surface area (Å²) in [5, 5.41) is 0. The molecule has 1 aromatic carbocycles. The van der Waals surface area contributed by atoms with Crippen LogP contribution >= 0.6 is 0 Å². The highest BCUT2D eigenvalue weighted by Gasteiger charge is 2.47. The normalized spacial score (nSPS) is 21.5. The number of benzene rings is 1. The van der Waals surface area contributed by atoms with Crippen molar-refractivity contribution in [3.8, 4) is 0 Å². The summed E-state index contributed by atoms with van der Waals surface area (Å²) in [7, 11) is 0. The molecule has 26 heavy (non-hydrogen) atoms.